The van der Waals surface area contributed by atoms with E-state index in [0.29, 0.717) is 29.6 Å². The molecule has 0 bridgehead atoms. The Morgan fingerprint density at radius 3 is 2.61 bits per heavy atom. The molecular weight excluding hydrogens is 380 g/mol. The van der Waals surface area contributed by atoms with E-state index in [1.54, 1.807) is 18.2 Å². The van der Waals surface area contributed by atoms with E-state index in [1.165, 1.54) is 9.80 Å². The normalized spacial score (nSPS) is 19.0. The molecule has 2 heterocycles. The molecule has 0 spiro atoms. The number of benzene rings is 2. The van der Waals surface area contributed by atoms with Crippen molar-refractivity contribution in [1.82, 2.24) is 9.80 Å². The van der Waals surface area contributed by atoms with E-state index in [-0.39, 0.29) is 36.1 Å². The van der Waals surface area contributed by atoms with Crippen LogP contribution in [0.25, 0.3) is 0 Å². The molecule has 2 aliphatic heterocycles. The van der Waals surface area contributed by atoms with Crippen LogP contribution in [0.2, 0.25) is 0 Å². The molecule has 1 fully saturated rings. The highest BCUT2D eigenvalue weighted by Gasteiger charge is 2.40. The van der Waals surface area contributed by atoms with Gasteiger partial charge in [-0.1, -0.05) is 42.5 Å². The van der Waals surface area contributed by atoms with E-state index in [1.807, 2.05) is 36.4 Å². The van der Waals surface area contributed by atoms with Gasteiger partial charge in [-0.15, -0.1) is 0 Å². The molecule has 4 rings (SSSR count). The number of hydrogen-bond donors (Lipinski definition) is 0. The fourth-order valence-electron chi connectivity index (χ4n) is 3.09. The summed E-state index contributed by atoms with van der Waals surface area (Å²) in [6.45, 7) is 0.795. The van der Waals surface area contributed by atoms with Crippen molar-refractivity contribution < 1.29 is 23.9 Å². The summed E-state index contributed by atoms with van der Waals surface area (Å²) < 4.78 is 11.3. The number of carbonyl (C=O) groups excluding carboxylic acids is 3. The minimum absolute atomic E-state index is 0.118. The molecule has 0 saturated carbocycles. The van der Waals surface area contributed by atoms with Crippen LogP contribution in [0.1, 0.15) is 15.9 Å². The first-order chi connectivity index (χ1) is 13.6. The van der Waals surface area contributed by atoms with Crippen LogP contribution in [0, 0.1) is 0 Å². The number of ether oxygens (including phenoxy) is 2. The zero-order chi connectivity index (χ0) is 19.5. The second-order valence-electron chi connectivity index (χ2n) is 6.36. The molecular formula is C20H18N2O5S. The maximum atomic E-state index is 12.5. The lowest BCUT2D eigenvalue weighted by molar-refractivity contribution is -0.130. The summed E-state index contributed by atoms with van der Waals surface area (Å²) >= 11 is 0.651. The van der Waals surface area contributed by atoms with Gasteiger partial charge in [-0.05, 0) is 17.7 Å². The van der Waals surface area contributed by atoms with E-state index in [0.717, 1.165) is 5.56 Å². The number of nitrogens with zero attached hydrogens (tertiary/aromatic N) is 2. The molecule has 2 aliphatic rings. The molecule has 28 heavy (non-hydrogen) atoms. The van der Waals surface area contributed by atoms with E-state index in [9.17, 15) is 14.4 Å². The molecule has 144 valence electrons. The van der Waals surface area contributed by atoms with Crippen LogP contribution in [0.5, 0.6) is 5.75 Å². The fraction of sp³-hybridized carbons (Fsp3) is 0.250. The molecule has 2 amide bonds. The highest BCUT2D eigenvalue weighted by molar-refractivity contribution is 8.26. The minimum atomic E-state index is -0.953. The highest BCUT2D eigenvalue weighted by Crippen LogP contribution is 2.28. The summed E-state index contributed by atoms with van der Waals surface area (Å²) in [7, 11) is 0. The van der Waals surface area contributed by atoms with E-state index < -0.39 is 6.23 Å². The van der Waals surface area contributed by atoms with Gasteiger partial charge in [-0.3, -0.25) is 19.3 Å². The Morgan fingerprint density at radius 1 is 1.04 bits per heavy atom. The number of amides is 2. The third kappa shape index (κ3) is 3.74. The molecule has 1 unspecified atom stereocenters. The first kappa shape index (κ1) is 18.5. The largest absolute Gasteiger partial charge is 0.472 e. The predicted molar refractivity (Wildman–Crippen MR) is 103 cm³/mol. The fourth-order valence-corrected chi connectivity index (χ4v) is 3.84. The lowest BCUT2D eigenvalue weighted by Crippen LogP contribution is -2.43. The molecule has 8 heteroatoms. The third-order valence-electron chi connectivity index (χ3n) is 4.52. The molecule has 7 nitrogen and oxygen atoms in total. The topological polar surface area (TPSA) is 76.2 Å². The van der Waals surface area contributed by atoms with E-state index in [2.05, 4.69) is 0 Å². The Bertz CT molecular complexity index is 904. The monoisotopic (exact) mass is 398 g/mol. The molecule has 2 aromatic carbocycles. The quantitative estimate of drug-likeness (QED) is 0.745. The van der Waals surface area contributed by atoms with Gasteiger partial charge in [0.05, 0.1) is 12.2 Å². The third-order valence-corrected chi connectivity index (χ3v) is 5.33. The van der Waals surface area contributed by atoms with Crippen molar-refractivity contribution in [2.24, 2.45) is 0 Å². The number of carbonyl (C=O) groups is 3. The van der Waals surface area contributed by atoms with Gasteiger partial charge >= 0.3 is 0 Å². The van der Waals surface area contributed by atoms with Gasteiger partial charge < -0.3 is 14.4 Å². The number of rotatable bonds is 6. The SMILES string of the molecule is O=C1SC(=O)N(Cc2ccccc2)C1OCCN1COc2ccccc2C1=O. The Kier molecular flexibility index (Phi) is 5.31. The number of fused-ring (bicyclic) bond motifs is 1. The smallest absolute Gasteiger partial charge is 0.292 e. The second kappa shape index (κ2) is 8.04. The first-order valence-electron chi connectivity index (χ1n) is 8.82. The molecule has 0 aliphatic carbocycles. The zero-order valence-electron chi connectivity index (χ0n) is 14.9. The van der Waals surface area contributed by atoms with Crippen LogP contribution < -0.4 is 4.74 Å². The highest BCUT2D eigenvalue weighted by atomic mass is 32.2. The van der Waals surface area contributed by atoms with Crippen LogP contribution in [-0.4, -0.2) is 52.2 Å². The van der Waals surface area contributed by atoms with Crippen molar-refractivity contribution in [1.29, 1.82) is 0 Å². The average molecular weight is 398 g/mol. The maximum absolute atomic E-state index is 12.5. The van der Waals surface area contributed by atoms with Gasteiger partial charge in [0.15, 0.2) is 6.73 Å². The summed E-state index contributed by atoms with van der Waals surface area (Å²) in [5.41, 5.74) is 1.41. The van der Waals surface area contributed by atoms with Crippen molar-refractivity contribution >= 4 is 28.0 Å². The van der Waals surface area contributed by atoms with Crippen molar-refractivity contribution in [3.8, 4) is 5.75 Å². The van der Waals surface area contributed by atoms with Gasteiger partial charge in [0, 0.05) is 24.9 Å². The molecule has 0 radical (unpaired) electrons. The summed E-state index contributed by atoms with van der Waals surface area (Å²) in [6.07, 6.45) is -0.953. The number of para-hydroxylation sites is 1. The van der Waals surface area contributed by atoms with Crippen molar-refractivity contribution in [3.05, 3.63) is 65.7 Å². The van der Waals surface area contributed by atoms with Crippen LogP contribution in [0.15, 0.2) is 54.6 Å². The van der Waals surface area contributed by atoms with Crippen LogP contribution in [0.4, 0.5) is 4.79 Å². The average Bonchev–Trinajstić information content (AvgIpc) is 2.97. The minimum Gasteiger partial charge on any atom is -0.472 e. The maximum Gasteiger partial charge on any atom is 0.292 e. The predicted octanol–water partition coefficient (Wildman–Crippen LogP) is 2.72. The summed E-state index contributed by atoms with van der Waals surface area (Å²) in [4.78, 5) is 39.8. The molecule has 2 aromatic rings. The molecule has 1 saturated heterocycles. The number of hydrogen-bond acceptors (Lipinski definition) is 6. The van der Waals surface area contributed by atoms with Gasteiger partial charge in [0.25, 0.3) is 11.1 Å². The van der Waals surface area contributed by atoms with E-state index in [4.69, 9.17) is 9.47 Å². The summed E-state index contributed by atoms with van der Waals surface area (Å²) in [5, 5.41) is -0.669. The molecule has 0 aromatic heterocycles. The standard InChI is InChI=1S/C20H18N2O5S/c23-17-15-8-4-5-9-16(15)27-13-21(17)10-11-26-18-19(24)28-20(25)22(18)12-14-6-2-1-3-7-14/h1-9,18H,10-13H2. The van der Waals surface area contributed by atoms with Crippen LogP contribution in [0.3, 0.4) is 0 Å². The van der Waals surface area contributed by atoms with Gasteiger partial charge in [0.1, 0.15) is 5.75 Å². The summed E-state index contributed by atoms with van der Waals surface area (Å²) in [6, 6.07) is 16.5. The lowest BCUT2D eigenvalue weighted by atomic mass is 10.1. The Morgan fingerprint density at radius 2 is 1.79 bits per heavy atom. The van der Waals surface area contributed by atoms with Crippen molar-refractivity contribution in [2.45, 2.75) is 12.8 Å². The Balaban J connectivity index is 1.36. The van der Waals surface area contributed by atoms with E-state index >= 15 is 0 Å². The van der Waals surface area contributed by atoms with Crippen molar-refractivity contribution in [2.75, 3.05) is 19.9 Å². The number of thioether (sulfide) groups is 1. The Hall–Kier alpha value is -2.84. The van der Waals surface area contributed by atoms with Crippen LogP contribution in [-0.2, 0) is 16.1 Å². The van der Waals surface area contributed by atoms with Crippen molar-refractivity contribution in [3.63, 3.8) is 0 Å². The van der Waals surface area contributed by atoms with Gasteiger partial charge in [-0.25, -0.2) is 0 Å². The zero-order valence-corrected chi connectivity index (χ0v) is 15.8. The van der Waals surface area contributed by atoms with Crippen LogP contribution >= 0.6 is 11.8 Å². The molecule has 1 atom stereocenters. The molecule has 0 N–H and O–H groups in total. The first-order valence-corrected chi connectivity index (χ1v) is 9.64. The lowest BCUT2D eigenvalue weighted by Gasteiger charge is -2.29. The van der Waals surface area contributed by atoms with Gasteiger partial charge in [-0.2, -0.15) is 0 Å². The van der Waals surface area contributed by atoms with Gasteiger partial charge in [0.2, 0.25) is 11.3 Å². The second-order valence-corrected chi connectivity index (χ2v) is 7.32. The Labute approximate surface area is 166 Å². The summed E-state index contributed by atoms with van der Waals surface area (Å²) in [5.74, 6) is 0.418.